The maximum absolute atomic E-state index is 12.1. The van der Waals surface area contributed by atoms with E-state index in [0.717, 1.165) is 36.9 Å². The number of carbonyl (C=O) groups excluding carboxylic acids is 2. The number of methoxy groups -OCH3 is 1. The minimum atomic E-state index is -0.457. The van der Waals surface area contributed by atoms with Crippen LogP contribution in [0.4, 0.5) is 0 Å². The molecule has 0 amide bonds. The van der Waals surface area contributed by atoms with Crippen LogP contribution >= 0.6 is 11.6 Å². The zero-order chi connectivity index (χ0) is 22.7. The number of esters is 1. The second-order valence-corrected chi connectivity index (χ2v) is 7.73. The van der Waals surface area contributed by atoms with Crippen molar-refractivity contribution in [1.82, 2.24) is 14.5 Å². The molecule has 7 nitrogen and oxygen atoms in total. The molecule has 0 aliphatic heterocycles. The lowest BCUT2D eigenvalue weighted by Crippen LogP contribution is -2.08. The molecule has 2 heterocycles. The van der Waals surface area contributed by atoms with E-state index in [1.54, 1.807) is 18.2 Å². The van der Waals surface area contributed by atoms with Gasteiger partial charge in [0.05, 0.1) is 18.2 Å². The van der Waals surface area contributed by atoms with Gasteiger partial charge in [0, 0.05) is 13.0 Å². The van der Waals surface area contributed by atoms with Crippen LogP contribution in [0.2, 0.25) is 5.15 Å². The third kappa shape index (κ3) is 4.16. The molecule has 164 valence electrons. The van der Waals surface area contributed by atoms with Crippen molar-refractivity contribution in [2.75, 3.05) is 7.11 Å². The third-order valence-electron chi connectivity index (χ3n) is 5.26. The smallest absolute Gasteiger partial charge is 0.338 e. The molecule has 0 N–H and O–H groups in total. The number of aldehydes is 1. The quantitative estimate of drug-likeness (QED) is 0.265. The molecule has 0 spiro atoms. The van der Waals surface area contributed by atoms with E-state index in [2.05, 4.69) is 16.9 Å². The molecule has 4 rings (SSSR count). The fourth-order valence-corrected chi connectivity index (χ4v) is 3.87. The number of halogens is 1. The number of nitrogens with zero attached hydrogens (tertiary/aromatic N) is 3. The molecular weight excluding hydrogens is 430 g/mol. The van der Waals surface area contributed by atoms with E-state index >= 15 is 0 Å². The average Bonchev–Trinajstić information content (AvgIpc) is 3.37. The van der Waals surface area contributed by atoms with E-state index in [1.165, 1.54) is 7.11 Å². The molecule has 0 bridgehead atoms. The second kappa shape index (κ2) is 9.36. The molecule has 0 saturated carbocycles. The third-order valence-corrected chi connectivity index (χ3v) is 5.54. The number of unbranched alkanes of at least 4 members (excludes halogenated alkanes) is 1. The summed E-state index contributed by atoms with van der Waals surface area (Å²) in [5, 5.41) is 0.218. The van der Waals surface area contributed by atoms with Crippen molar-refractivity contribution in [2.24, 2.45) is 0 Å². The van der Waals surface area contributed by atoms with Crippen molar-refractivity contribution in [3.63, 3.8) is 0 Å². The first-order valence-electron chi connectivity index (χ1n) is 10.3. The molecule has 0 unspecified atom stereocenters. The van der Waals surface area contributed by atoms with E-state index in [-0.39, 0.29) is 5.15 Å². The molecule has 32 heavy (non-hydrogen) atoms. The fraction of sp³-hybridized carbons (Fsp3) is 0.250. The SMILES string of the molecule is CCCCc1nc(Cl)c(C=O)n1Cc1ccc2oc(-c3ccccc3C(=O)OC)nc2c1. The Kier molecular flexibility index (Phi) is 6.37. The number of fused-ring (bicyclic) bond motifs is 1. The van der Waals surface area contributed by atoms with E-state index in [1.807, 2.05) is 28.8 Å². The van der Waals surface area contributed by atoms with Crippen LogP contribution in [0.15, 0.2) is 46.9 Å². The predicted molar refractivity (Wildman–Crippen MR) is 121 cm³/mol. The van der Waals surface area contributed by atoms with Gasteiger partial charge in [0.15, 0.2) is 17.0 Å². The number of rotatable bonds is 8. The van der Waals surface area contributed by atoms with Crippen LogP contribution in [0.1, 0.15) is 52.0 Å². The van der Waals surface area contributed by atoms with Crippen LogP contribution < -0.4 is 0 Å². The maximum Gasteiger partial charge on any atom is 0.338 e. The molecule has 0 aliphatic carbocycles. The molecule has 2 aromatic heterocycles. The first-order chi connectivity index (χ1) is 15.5. The molecular formula is C24H22ClN3O4. The Morgan fingerprint density at radius 2 is 2.03 bits per heavy atom. The van der Waals surface area contributed by atoms with Gasteiger partial charge in [0.2, 0.25) is 5.89 Å². The normalized spacial score (nSPS) is 11.1. The Bertz CT molecular complexity index is 1290. The number of benzene rings is 2. The van der Waals surface area contributed by atoms with Crippen LogP contribution in [0.3, 0.4) is 0 Å². The number of aromatic nitrogens is 3. The number of hydrogen-bond donors (Lipinski definition) is 0. The van der Waals surface area contributed by atoms with Crippen molar-refractivity contribution >= 4 is 35.0 Å². The maximum atomic E-state index is 12.1. The molecule has 0 radical (unpaired) electrons. The standard InChI is InChI=1S/C24H22ClN3O4/c1-3-4-9-21-27-22(25)19(14-29)28(21)13-15-10-11-20-18(12-15)26-23(32-20)16-7-5-6-8-17(16)24(30)31-2/h5-8,10-12,14H,3-4,9,13H2,1-2H3. The van der Waals surface area contributed by atoms with Crippen molar-refractivity contribution < 1.29 is 18.7 Å². The van der Waals surface area contributed by atoms with Gasteiger partial charge < -0.3 is 13.7 Å². The Morgan fingerprint density at radius 1 is 1.22 bits per heavy atom. The molecule has 2 aromatic carbocycles. The monoisotopic (exact) mass is 451 g/mol. The molecule has 4 aromatic rings. The lowest BCUT2D eigenvalue weighted by Gasteiger charge is -2.09. The van der Waals surface area contributed by atoms with Gasteiger partial charge >= 0.3 is 5.97 Å². The molecule has 0 fully saturated rings. The van der Waals surface area contributed by atoms with Gasteiger partial charge in [-0.2, -0.15) is 0 Å². The molecule has 0 aliphatic rings. The van der Waals surface area contributed by atoms with E-state index in [0.29, 0.717) is 40.4 Å². The zero-order valence-electron chi connectivity index (χ0n) is 17.8. The molecule has 0 atom stereocenters. The number of aryl methyl sites for hydroxylation is 1. The Morgan fingerprint density at radius 3 is 2.78 bits per heavy atom. The second-order valence-electron chi connectivity index (χ2n) is 7.37. The highest BCUT2D eigenvalue weighted by Gasteiger charge is 2.19. The predicted octanol–water partition coefficient (Wildman–Crippen LogP) is 5.33. The lowest BCUT2D eigenvalue weighted by molar-refractivity contribution is 0.0601. The van der Waals surface area contributed by atoms with E-state index < -0.39 is 5.97 Å². The van der Waals surface area contributed by atoms with Gasteiger partial charge in [-0.15, -0.1) is 0 Å². The Balaban J connectivity index is 1.70. The number of carbonyl (C=O) groups is 2. The summed E-state index contributed by atoms with van der Waals surface area (Å²) >= 11 is 6.19. The summed E-state index contributed by atoms with van der Waals surface area (Å²) in [7, 11) is 1.34. The number of hydrogen-bond acceptors (Lipinski definition) is 6. The van der Waals surface area contributed by atoms with Crippen molar-refractivity contribution in [3.8, 4) is 11.5 Å². The zero-order valence-corrected chi connectivity index (χ0v) is 18.6. The lowest BCUT2D eigenvalue weighted by atomic mass is 10.1. The highest BCUT2D eigenvalue weighted by molar-refractivity contribution is 6.31. The fourth-order valence-electron chi connectivity index (χ4n) is 3.62. The summed E-state index contributed by atoms with van der Waals surface area (Å²) in [5.74, 6) is 0.662. The summed E-state index contributed by atoms with van der Waals surface area (Å²) in [6.45, 7) is 2.54. The van der Waals surface area contributed by atoms with Crippen LogP contribution in [0.25, 0.3) is 22.6 Å². The minimum absolute atomic E-state index is 0.218. The number of oxazole rings is 1. The minimum Gasteiger partial charge on any atom is -0.465 e. The molecule has 0 saturated heterocycles. The topological polar surface area (TPSA) is 87.2 Å². The Hall–Kier alpha value is -3.45. The van der Waals surface area contributed by atoms with Crippen LogP contribution in [-0.4, -0.2) is 33.9 Å². The van der Waals surface area contributed by atoms with Crippen molar-refractivity contribution in [1.29, 1.82) is 0 Å². The first kappa shape index (κ1) is 21.8. The van der Waals surface area contributed by atoms with Crippen LogP contribution in [-0.2, 0) is 17.7 Å². The average molecular weight is 452 g/mol. The highest BCUT2D eigenvalue weighted by atomic mass is 35.5. The van der Waals surface area contributed by atoms with Crippen LogP contribution in [0, 0.1) is 0 Å². The Labute approximate surface area is 190 Å². The van der Waals surface area contributed by atoms with Crippen molar-refractivity contribution in [3.05, 3.63) is 70.3 Å². The molecule has 8 heteroatoms. The van der Waals surface area contributed by atoms with Gasteiger partial charge in [0.1, 0.15) is 17.0 Å². The summed E-state index contributed by atoms with van der Waals surface area (Å²) in [6, 6.07) is 12.6. The largest absolute Gasteiger partial charge is 0.465 e. The van der Waals surface area contributed by atoms with E-state index in [9.17, 15) is 9.59 Å². The van der Waals surface area contributed by atoms with Gasteiger partial charge in [-0.1, -0.05) is 43.1 Å². The van der Waals surface area contributed by atoms with Gasteiger partial charge in [-0.25, -0.2) is 14.8 Å². The first-order valence-corrected chi connectivity index (χ1v) is 10.7. The number of imidazole rings is 1. The summed E-state index contributed by atoms with van der Waals surface area (Å²) in [5.41, 5.74) is 3.47. The van der Waals surface area contributed by atoms with Crippen LogP contribution in [0.5, 0.6) is 0 Å². The van der Waals surface area contributed by atoms with Gasteiger partial charge in [-0.05, 0) is 36.2 Å². The van der Waals surface area contributed by atoms with Crippen molar-refractivity contribution in [2.45, 2.75) is 32.7 Å². The van der Waals surface area contributed by atoms with E-state index in [4.69, 9.17) is 20.8 Å². The number of ether oxygens (including phenoxy) is 1. The van der Waals surface area contributed by atoms with Gasteiger partial charge in [-0.3, -0.25) is 4.79 Å². The van der Waals surface area contributed by atoms with Gasteiger partial charge in [0.25, 0.3) is 0 Å². The highest BCUT2D eigenvalue weighted by Crippen LogP contribution is 2.28. The summed E-state index contributed by atoms with van der Waals surface area (Å²) in [6.07, 6.45) is 3.45. The summed E-state index contributed by atoms with van der Waals surface area (Å²) < 4.78 is 12.6. The summed E-state index contributed by atoms with van der Waals surface area (Å²) in [4.78, 5) is 32.7.